The summed E-state index contributed by atoms with van der Waals surface area (Å²) in [5.74, 6) is 1.63. The van der Waals surface area contributed by atoms with Gasteiger partial charge in [-0.15, -0.1) is 0 Å². The average molecular weight is 334 g/mol. The smallest absolute Gasteiger partial charge is 0.157 e. The summed E-state index contributed by atoms with van der Waals surface area (Å²) < 4.78 is 5.45. The molecule has 1 fully saturated rings. The van der Waals surface area contributed by atoms with E-state index in [0.717, 1.165) is 42.5 Å². The molecule has 2 aromatic rings. The largest absolute Gasteiger partial charge is 0.495 e. The first kappa shape index (κ1) is 15.7. The molecule has 1 aromatic heterocycles. The van der Waals surface area contributed by atoms with Gasteiger partial charge in [-0.05, 0) is 18.6 Å². The SMILES string of the molecule is CNc1c(Cl)ncnc1NC1CCN(c2ccccc2OC)C1. The molecule has 0 saturated carbocycles. The van der Waals surface area contributed by atoms with Crippen LogP contribution >= 0.6 is 11.6 Å². The number of rotatable bonds is 5. The molecule has 1 aliphatic rings. The van der Waals surface area contributed by atoms with Crippen LogP contribution < -0.4 is 20.3 Å². The van der Waals surface area contributed by atoms with Crippen LogP contribution in [0.2, 0.25) is 5.15 Å². The highest BCUT2D eigenvalue weighted by Crippen LogP contribution is 2.32. The predicted octanol–water partition coefficient (Wildman–Crippen LogP) is 2.87. The minimum atomic E-state index is 0.290. The number of benzene rings is 1. The van der Waals surface area contributed by atoms with E-state index in [0.29, 0.717) is 5.15 Å². The zero-order chi connectivity index (χ0) is 16.2. The lowest BCUT2D eigenvalue weighted by Gasteiger charge is -2.22. The Morgan fingerprint density at radius 2 is 2.13 bits per heavy atom. The van der Waals surface area contributed by atoms with Crippen LogP contribution in [0.15, 0.2) is 30.6 Å². The Bertz CT molecular complexity index is 681. The maximum atomic E-state index is 6.10. The van der Waals surface area contributed by atoms with Crippen LogP contribution in [-0.4, -0.2) is 43.3 Å². The van der Waals surface area contributed by atoms with E-state index in [2.05, 4.69) is 31.6 Å². The lowest BCUT2D eigenvalue weighted by Crippen LogP contribution is -2.27. The molecule has 3 rings (SSSR count). The van der Waals surface area contributed by atoms with E-state index in [4.69, 9.17) is 16.3 Å². The molecular formula is C16H20ClN5O. The van der Waals surface area contributed by atoms with Crippen LogP contribution in [0.1, 0.15) is 6.42 Å². The fourth-order valence-electron chi connectivity index (χ4n) is 2.88. The number of methoxy groups -OCH3 is 1. The molecule has 1 saturated heterocycles. The molecule has 7 heteroatoms. The summed E-state index contributed by atoms with van der Waals surface area (Å²) in [7, 11) is 3.51. The van der Waals surface area contributed by atoms with E-state index in [1.807, 2.05) is 25.2 Å². The Balaban J connectivity index is 1.72. The number of anilines is 3. The van der Waals surface area contributed by atoms with Crippen molar-refractivity contribution in [3.8, 4) is 5.75 Å². The molecule has 1 aromatic carbocycles. The Morgan fingerprint density at radius 3 is 2.91 bits per heavy atom. The topological polar surface area (TPSA) is 62.3 Å². The average Bonchev–Trinajstić information content (AvgIpc) is 3.03. The second-order valence-electron chi connectivity index (χ2n) is 5.39. The van der Waals surface area contributed by atoms with Gasteiger partial charge in [-0.3, -0.25) is 0 Å². The highest BCUT2D eigenvalue weighted by Gasteiger charge is 2.25. The normalized spacial score (nSPS) is 17.2. The number of hydrogen-bond acceptors (Lipinski definition) is 6. The molecule has 1 atom stereocenters. The molecule has 122 valence electrons. The third kappa shape index (κ3) is 3.27. The van der Waals surface area contributed by atoms with E-state index >= 15 is 0 Å². The zero-order valence-corrected chi connectivity index (χ0v) is 14.0. The third-order valence-corrected chi connectivity index (χ3v) is 4.29. The minimum Gasteiger partial charge on any atom is -0.495 e. The fraction of sp³-hybridized carbons (Fsp3) is 0.375. The van der Waals surface area contributed by atoms with Crippen molar-refractivity contribution in [1.29, 1.82) is 0 Å². The van der Waals surface area contributed by atoms with Gasteiger partial charge in [0.05, 0.1) is 12.8 Å². The molecule has 1 unspecified atom stereocenters. The molecule has 0 spiro atoms. The molecule has 1 aliphatic heterocycles. The van der Waals surface area contributed by atoms with Gasteiger partial charge in [0.2, 0.25) is 0 Å². The summed E-state index contributed by atoms with van der Waals surface area (Å²) in [6, 6.07) is 8.37. The number of nitrogens with one attached hydrogen (secondary N) is 2. The maximum Gasteiger partial charge on any atom is 0.157 e. The molecule has 0 aliphatic carbocycles. The quantitative estimate of drug-likeness (QED) is 0.820. The number of hydrogen-bond donors (Lipinski definition) is 2. The Labute approximate surface area is 140 Å². The molecule has 23 heavy (non-hydrogen) atoms. The van der Waals surface area contributed by atoms with Crippen molar-refractivity contribution in [3.05, 3.63) is 35.7 Å². The first-order valence-electron chi connectivity index (χ1n) is 7.55. The van der Waals surface area contributed by atoms with Crippen LogP contribution in [0, 0.1) is 0 Å². The molecule has 0 radical (unpaired) electrons. The lowest BCUT2D eigenvalue weighted by molar-refractivity contribution is 0.415. The van der Waals surface area contributed by atoms with Crippen LogP contribution in [0.5, 0.6) is 5.75 Å². The summed E-state index contributed by atoms with van der Waals surface area (Å²) in [6.07, 6.45) is 2.49. The number of aromatic nitrogens is 2. The summed E-state index contributed by atoms with van der Waals surface area (Å²) in [5, 5.41) is 6.92. The van der Waals surface area contributed by atoms with Gasteiger partial charge in [0, 0.05) is 26.2 Å². The van der Waals surface area contributed by atoms with E-state index in [1.54, 1.807) is 7.11 Å². The number of nitrogens with zero attached hydrogens (tertiary/aromatic N) is 3. The molecule has 2 N–H and O–H groups in total. The van der Waals surface area contributed by atoms with Crippen molar-refractivity contribution >= 4 is 28.8 Å². The summed E-state index contributed by atoms with van der Waals surface area (Å²) in [4.78, 5) is 10.6. The van der Waals surface area contributed by atoms with Crippen molar-refractivity contribution < 1.29 is 4.74 Å². The Hall–Kier alpha value is -2.21. The van der Waals surface area contributed by atoms with Crippen LogP contribution in [0.4, 0.5) is 17.2 Å². The first-order valence-corrected chi connectivity index (χ1v) is 7.93. The van der Waals surface area contributed by atoms with Gasteiger partial charge in [-0.2, -0.15) is 0 Å². The second-order valence-corrected chi connectivity index (χ2v) is 5.74. The number of ether oxygens (including phenoxy) is 1. The summed E-state index contributed by atoms with van der Waals surface area (Å²) in [5.41, 5.74) is 1.85. The van der Waals surface area contributed by atoms with Crippen LogP contribution in [0.3, 0.4) is 0 Å². The van der Waals surface area contributed by atoms with Crippen LogP contribution in [-0.2, 0) is 0 Å². The van der Waals surface area contributed by atoms with E-state index in [-0.39, 0.29) is 6.04 Å². The number of halogens is 1. The van der Waals surface area contributed by atoms with Gasteiger partial charge < -0.3 is 20.3 Å². The summed E-state index contributed by atoms with van der Waals surface area (Å²) >= 11 is 6.10. The van der Waals surface area contributed by atoms with Crippen molar-refractivity contribution in [3.63, 3.8) is 0 Å². The lowest BCUT2D eigenvalue weighted by atomic mass is 10.2. The molecule has 6 nitrogen and oxygen atoms in total. The first-order chi connectivity index (χ1) is 11.2. The zero-order valence-electron chi connectivity index (χ0n) is 13.2. The van der Waals surface area contributed by atoms with Gasteiger partial charge in [-0.25, -0.2) is 9.97 Å². The van der Waals surface area contributed by atoms with Crippen molar-refractivity contribution in [2.75, 3.05) is 42.8 Å². The molecule has 0 amide bonds. The highest BCUT2D eigenvalue weighted by atomic mass is 35.5. The van der Waals surface area contributed by atoms with Gasteiger partial charge >= 0.3 is 0 Å². The van der Waals surface area contributed by atoms with Crippen LogP contribution in [0.25, 0.3) is 0 Å². The number of para-hydroxylation sites is 2. The summed E-state index contributed by atoms with van der Waals surface area (Å²) in [6.45, 7) is 1.84. The Morgan fingerprint density at radius 1 is 1.30 bits per heavy atom. The van der Waals surface area contributed by atoms with E-state index in [1.165, 1.54) is 6.33 Å². The van der Waals surface area contributed by atoms with E-state index in [9.17, 15) is 0 Å². The Kier molecular flexibility index (Phi) is 4.71. The standard InChI is InChI=1S/C16H20ClN5O/c1-18-14-15(17)19-10-20-16(14)21-11-7-8-22(9-11)12-5-3-4-6-13(12)23-2/h3-6,10-11,18H,7-9H2,1-2H3,(H,19,20,21). The monoisotopic (exact) mass is 333 g/mol. The van der Waals surface area contributed by atoms with Crippen molar-refractivity contribution in [1.82, 2.24) is 9.97 Å². The van der Waals surface area contributed by atoms with Gasteiger partial charge in [0.1, 0.15) is 17.8 Å². The van der Waals surface area contributed by atoms with Gasteiger partial charge in [0.25, 0.3) is 0 Å². The molecule has 0 bridgehead atoms. The third-order valence-electron chi connectivity index (χ3n) is 4.01. The van der Waals surface area contributed by atoms with E-state index < -0.39 is 0 Å². The molecular weight excluding hydrogens is 314 g/mol. The predicted molar refractivity (Wildman–Crippen MR) is 93.8 cm³/mol. The second kappa shape index (κ2) is 6.91. The maximum absolute atomic E-state index is 6.10. The molecule has 2 heterocycles. The fourth-order valence-corrected chi connectivity index (χ4v) is 3.10. The van der Waals surface area contributed by atoms with Crippen molar-refractivity contribution in [2.45, 2.75) is 12.5 Å². The minimum absolute atomic E-state index is 0.290. The van der Waals surface area contributed by atoms with Crippen molar-refractivity contribution in [2.24, 2.45) is 0 Å². The van der Waals surface area contributed by atoms with Gasteiger partial charge in [-0.1, -0.05) is 23.7 Å². The highest BCUT2D eigenvalue weighted by molar-refractivity contribution is 6.32. The van der Waals surface area contributed by atoms with Gasteiger partial charge in [0.15, 0.2) is 11.0 Å².